The Morgan fingerprint density at radius 2 is 1.80 bits per heavy atom. The first-order chi connectivity index (χ1) is 14.2. The maximum absolute atomic E-state index is 13.0. The lowest BCUT2D eigenvalue weighted by Crippen LogP contribution is -2.35. The van der Waals surface area contributed by atoms with Gasteiger partial charge in [-0.25, -0.2) is 5.43 Å². The summed E-state index contributed by atoms with van der Waals surface area (Å²) in [5.41, 5.74) is 1.17. The van der Waals surface area contributed by atoms with Gasteiger partial charge in [-0.15, -0.1) is 0 Å². The lowest BCUT2D eigenvalue weighted by Gasteiger charge is -2.13. The van der Waals surface area contributed by atoms with Gasteiger partial charge in [-0.05, 0) is 29.8 Å². The molecule has 8 nitrogen and oxygen atoms in total. The number of hydrogen-bond donors (Lipinski definition) is 3. The fourth-order valence-corrected chi connectivity index (χ4v) is 2.19. The minimum Gasteiger partial charge on any atom is -0.484 e. The normalized spacial score (nSPS) is 11.1. The van der Waals surface area contributed by atoms with Gasteiger partial charge in [-0.1, -0.05) is 24.3 Å². The molecule has 0 aliphatic heterocycles. The van der Waals surface area contributed by atoms with Crippen LogP contribution in [0.1, 0.15) is 11.1 Å². The van der Waals surface area contributed by atoms with Crippen molar-refractivity contribution in [3.63, 3.8) is 0 Å². The second-order valence-corrected chi connectivity index (χ2v) is 5.73. The number of hydrogen-bond acceptors (Lipinski definition) is 5. The molecule has 3 amide bonds. The Hall–Kier alpha value is -3.89. The first kappa shape index (κ1) is 22.4. The Bertz CT molecular complexity index is 961. The van der Waals surface area contributed by atoms with Gasteiger partial charge in [0.15, 0.2) is 6.61 Å². The lowest BCUT2D eigenvalue weighted by atomic mass is 10.1. The molecule has 0 heterocycles. The number of nitrogens with one attached hydrogen (secondary N) is 3. The number of anilines is 1. The molecule has 0 fully saturated rings. The average molecular weight is 422 g/mol. The van der Waals surface area contributed by atoms with E-state index in [1.54, 1.807) is 12.1 Å². The zero-order chi connectivity index (χ0) is 22.1. The lowest BCUT2D eigenvalue weighted by molar-refractivity contribution is -0.138. The van der Waals surface area contributed by atoms with Crippen LogP contribution in [0.4, 0.5) is 18.9 Å². The number of nitrogens with zero attached hydrogens (tertiary/aromatic N) is 1. The average Bonchev–Trinajstić information content (AvgIpc) is 2.71. The number of ether oxygens (including phenoxy) is 1. The molecule has 0 atom stereocenters. The zero-order valence-corrected chi connectivity index (χ0v) is 15.6. The number of para-hydroxylation sites is 1. The van der Waals surface area contributed by atoms with E-state index >= 15 is 0 Å². The van der Waals surface area contributed by atoms with E-state index in [2.05, 4.69) is 15.7 Å². The van der Waals surface area contributed by atoms with E-state index in [4.69, 9.17) is 4.74 Å². The summed E-state index contributed by atoms with van der Waals surface area (Å²) in [7, 11) is 1.30. The van der Waals surface area contributed by atoms with Gasteiger partial charge in [0, 0.05) is 7.05 Å². The van der Waals surface area contributed by atoms with Gasteiger partial charge in [0.05, 0.1) is 17.5 Å². The minimum atomic E-state index is -4.61. The third-order valence-corrected chi connectivity index (χ3v) is 3.55. The van der Waals surface area contributed by atoms with E-state index in [9.17, 15) is 27.6 Å². The molecule has 0 aliphatic rings. The van der Waals surface area contributed by atoms with Crippen LogP contribution < -0.4 is 20.8 Å². The molecule has 158 valence electrons. The molecule has 2 rings (SSSR count). The first-order valence-corrected chi connectivity index (χ1v) is 8.44. The van der Waals surface area contributed by atoms with Gasteiger partial charge in [0.1, 0.15) is 5.75 Å². The van der Waals surface area contributed by atoms with Gasteiger partial charge in [0.2, 0.25) is 0 Å². The Morgan fingerprint density at radius 3 is 2.50 bits per heavy atom. The second-order valence-electron chi connectivity index (χ2n) is 5.73. The molecule has 0 bridgehead atoms. The number of alkyl halides is 3. The van der Waals surface area contributed by atoms with E-state index in [1.807, 2.05) is 5.43 Å². The van der Waals surface area contributed by atoms with Gasteiger partial charge in [-0.2, -0.15) is 18.3 Å². The monoisotopic (exact) mass is 422 g/mol. The summed E-state index contributed by atoms with van der Waals surface area (Å²) in [4.78, 5) is 34.3. The molecule has 2 aromatic rings. The van der Waals surface area contributed by atoms with Crippen LogP contribution in [0.5, 0.6) is 5.75 Å². The maximum atomic E-state index is 13.0. The highest BCUT2D eigenvalue weighted by Crippen LogP contribution is 2.34. The summed E-state index contributed by atoms with van der Waals surface area (Å²) in [6, 6.07) is 10.8. The number of carbonyl (C=O) groups excluding carboxylic acids is 3. The van der Waals surface area contributed by atoms with Crippen LogP contribution in [0.15, 0.2) is 53.6 Å². The highest BCUT2D eigenvalue weighted by Gasteiger charge is 2.33. The highest BCUT2D eigenvalue weighted by molar-refractivity contribution is 6.35. The largest absolute Gasteiger partial charge is 0.484 e. The number of carbonyl (C=O) groups is 3. The molecule has 3 N–H and O–H groups in total. The van der Waals surface area contributed by atoms with Crippen molar-refractivity contribution in [2.45, 2.75) is 6.18 Å². The Balaban J connectivity index is 1.94. The van der Waals surface area contributed by atoms with Gasteiger partial charge >= 0.3 is 18.0 Å². The molecule has 0 aromatic heterocycles. The summed E-state index contributed by atoms with van der Waals surface area (Å²) in [5, 5.41) is 7.91. The Labute approximate surface area is 169 Å². The highest BCUT2D eigenvalue weighted by atomic mass is 19.4. The maximum Gasteiger partial charge on any atom is 0.418 e. The standard InChI is InChI=1S/C19H17F3N4O4/c1-23-17(28)18(29)26-24-10-12-5-4-6-13(9-12)30-11-16(27)25-15-8-3-2-7-14(15)19(20,21)22/h2-10H,11H2,1H3,(H,23,28)(H,25,27)(H,26,29)/b24-10-. The van der Waals surface area contributed by atoms with Crippen LogP contribution in [-0.2, 0) is 20.6 Å². The molecule has 0 saturated carbocycles. The molecule has 2 aromatic carbocycles. The number of hydrazone groups is 1. The minimum absolute atomic E-state index is 0.246. The predicted molar refractivity (Wildman–Crippen MR) is 102 cm³/mol. The van der Waals surface area contributed by atoms with Crippen LogP contribution >= 0.6 is 0 Å². The van der Waals surface area contributed by atoms with Crippen molar-refractivity contribution in [3.05, 3.63) is 59.7 Å². The van der Waals surface area contributed by atoms with Crippen molar-refractivity contribution in [1.29, 1.82) is 0 Å². The quantitative estimate of drug-likeness (QED) is 0.375. The van der Waals surface area contributed by atoms with E-state index in [0.29, 0.717) is 5.56 Å². The van der Waals surface area contributed by atoms with Crippen molar-refractivity contribution in [3.8, 4) is 5.75 Å². The molecule has 0 saturated heterocycles. The second kappa shape index (κ2) is 10.0. The zero-order valence-electron chi connectivity index (χ0n) is 15.6. The first-order valence-electron chi connectivity index (χ1n) is 8.44. The van der Waals surface area contributed by atoms with Crippen LogP contribution in [0.25, 0.3) is 0 Å². The third kappa shape index (κ3) is 6.62. The number of benzene rings is 2. The number of likely N-dealkylation sites (N-methyl/N-ethyl adjacent to an activating group) is 1. The SMILES string of the molecule is CNC(=O)C(=O)N/N=C\c1cccc(OCC(=O)Nc2ccccc2C(F)(F)F)c1. The van der Waals surface area contributed by atoms with Crippen molar-refractivity contribution in [2.75, 3.05) is 19.0 Å². The fraction of sp³-hybridized carbons (Fsp3) is 0.158. The van der Waals surface area contributed by atoms with Crippen LogP contribution in [-0.4, -0.2) is 37.6 Å². The smallest absolute Gasteiger partial charge is 0.418 e. The predicted octanol–water partition coefficient (Wildman–Crippen LogP) is 1.92. The Kier molecular flexibility index (Phi) is 7.50. The van der Waals surface area contributed by atoms with E-state index in [0.717, 1.165) is 12.1 Å². The molecular formula is C19H17F3N4O4. The topological polar surface area (TPSA) is 109 Å². The molecule has 30 heavy (non-hydrogen) atoms. The van der Waals surface area contributed by atoms with Crippen molar-refractivity contribution >= 4 is 29.6 Å². The van der Waals surface area contributed by atoms with Crippen LogP contribution in [0.2, 0.25) is 0 Å². The van der Waals surface area contributed by atoms with Crippen LogP contribution in [0.3, 0.4) is 0 Å². The van der Waals surface area contributed by atoms with Gasteiger partial charge < -0.3 is 15.4 Å². The Morgan fingerprint density at radius 1 is 1.07 bits per heavy atom. The van der Waals surface area contributed by atoms with Crippen molar-refractivity contribution < 1.29 is 32.3 Å². The van der Waals surface area contributed by atoms with Gasteiger partial charge in [0.25, 0.3) is 5.91 Å². The van der Waals surface area contributed by atoms with E-state index < -0.39 is 36.1 Å². The van der Waals surface area contributed by atoms with Crippen molar-refractivity contribution in [2.24, 2.45) is 5.10 Å². The summed E-state index contributed by atoms with van der Waals surface area (Å²) < 4.78 is 44.2. The molecule has 0 spiro atoms. The molecule has 11 heteroatoms. The fourth-order valence-electron chi connectivity index (χ4n) is 2.19. The third-order valence-electron chi connectivity index (χ3n) is 3.55. The number of halogens is 3. The summed E-state index contributed by atoms with van der Waals surface area (Å²) in [6.07, 6.45) is -3.36. The van der Waals surface area contributed by atoms with E-state index in [1.165, 1.54) is 37.5 Å². The molecule has 0 radical (unpaired) electrons. The van der Waals surface area contributed by atoms with Gasteiger partial charge in [-0.3, -0.25) is 14.4 Å². The van der Waals surface area contributed by atoms with Crippen LogP contribution in [0, 0.1) is 0 Å². The summed E-state index contributed by atoms with van der Waals surface area (Å²) in [5.74, 6) is -2.33. The molecule has 0 unspecified atom stereocenters. The molecular weight excluding hydrogens is 405 g/mol. The van der Waals surface area contributed by atoms with Crippen molar-refractivity contribution in [1.82, 2.24) is 10.7 Å². The summed E-state index contributed by atoms with van der Waals surface area (Å²) >= 11 is 0. The van der Waals surface area contributed by atoms with E-state index in [-0.39, 0.29) is 11.4 Å². The number of amides is 3. The number of rotatable bonds is 6. The molecule has 0 aliphatic carbocycles. The summed E-state index contributed by atoms with van der Waals surface area (Å²) in [6.45, 7) is -0.528.